The van der Waals surface area contributed by atoms with Crippen LogP contribution in [0.25, 0.3) is 0 Å². The molecule has 43 heavy (non-hydrogen) atoms. The van der Waals surface area contributed by atoms with Crippen LogP contribution in [0.3, 0.4) is 0 Å². The first-order chi connectivity index (χ1) is 20.7. The Kier molecular flexibility index (Phi) is 8.22. The number of amides is 2. The molecule has 3 unspecified atom stereocenters. The van der Waals surface area contributed by atoms with Crippen molar-refractivity contribution in [3.63, 3.8) is 0 Å². The fraction of sp³-hybridized carbons (Fsp3) is 0.438. The molecule has 0 spiro atoms. The van der Waals surface area contributed by atoms with E-state index in [0.29, 0.717) is 43.3 Å². The highest BCUT2D eigenvalue weighted by atomic mass is 35.5. The lowest BCUT2D eigenvalue weighted by atomic mass is 9.87. The van der Waals surface area contributed by atoms with Crippen molar-refractivity contribution in [2.24, 2.45) is 18.9 Å². The molecule has 3 aromatic rings. The second-order valence-electron chi connectivity index (χ2n) is 11.8. The summed E-state index contributed by atoms with van der Waals surface area (Å²) in [5.74, 6) is -2.04. The average molecular weight is 610 g/mol. The maximum absolute atomic E-state index is 15.1. The maximum atomic E-state index is 15.1. The van der Waals surface area contributed by atoms with Gasteiger partial charge in [0.25, 0.3) is 5.56 Å². The van der Waals surface area contributed by atoms with E-state index in [-0.39, 0.29) is 48.0 Å². The number of carbonyl (C=O) groups is 2. The number of aromatic nitrogens is 2. The maximum Gasteiger partial charge on any atom is 0.266 e. The van der Waals surface area contributed by atoms with Crippen LogP contribution in [0.5, 0.6) is 0 Å². The minimum atomic E-state index is -0.697. The molecule has 0 N–H and O–H groups in total. The molecule has 11 heteroatoms. The first-order valence-electron chi connectivity index (χ1n) is 14.8. The van der Waals surface area contributed by atoms with Gasteiger partial charge in [-0.3, -0.25) is 14.4 Å². The molecule has 1 aromatic heterocycles. The van der Waals surface area contributed by atoms with Crippen molar-refractivity contribution in [2.75, 3.05) is 37.6 Å². The Hall–Kier alpha value is -3.79. The van der Waals surface area contributed by atoms with E-state index in [4.69, 9.17) is 11.6 Å². The van der Waals surface area contributed by atoms with Crippen LogP contribution in [0, 0.1) is 23.5 Å². The summed E-state index contributed by atoms with van der Waals surface area (Å²) >= 11 is 6.13. The Morgan fingerprint density at radius 1 is 0.907 bits per heavy atom. The van der Waals surface area contributed by atoms with Crippen molar-refractivity contribution in [3.8, 4) is 0 Å². The molecular weight excluding hydrogens is 576 g/mol. The topological polar surface area (TPSA) is 78.8 Å². The minimum absolute atomic E-state index is 0.0296. The average Bonchev–Trinajstić information content (AvgIpc) is 3.73. The van der Waals surface area contributed by atoms with Gasteiger partial charge in [-0.05, 0) is 61.1 Å². The number of carbonyl (C=O) groups excluding carboxylic acids is 2. The van der Waals surface area contributed by atoms with Crippen LogP contribution < -0.4 is 10.5 Å². The molecule has 3 atom stereocenters. The zero-order chi connectivity index (χ0) is 30.2. The smallest absolute Gasteiger partial charge is 0.266 e. The molecule has 226 valence electrons. The fourth-order valence-electron chi connectivity index (χ4n) is 6.46. The quantitative estimate of drug-likeness (QED) is 0.425. The monoisotopic (exact) mass is 609 g/mol. The molecule has 0 radical (unpaired) electrons. The molecular formula is C32H34ClF2N5O3. The summed E-state index contributed by atoms with van der Waals surface area (Å²) in [6.45, 7) is 1.79. The summed E-state index contributed by atoms with van der Waals surface area (Å²) in [7, 11) is 1.55. The highest BCUT2D eigenvalue weighted by molar-refractivity contribution is 6.30. The number of anilines is 1. The lowest BCUT2D eigenvalue weighted by Crippen LogP contribution is -2.48. The van der Waals surface area contributed by atoms with Crippen LogP contribution in [0.2, 0.25) is 5.02 Å². The lowest BCUT2D eigenvalue weighted by molar-refractivity contribution is -0.141. The van der Waals surface area contributed by atoms with E-state index in [2.05, 4.69) is 5.10 Å². The summed E-state index contributed by atoms with van der Waals surface area (Å²) in [4.78, 5) is 45.2. The van der Waals surface area contributed by atoms with Crippen molar-refractivity contribution in [1.82, 2.24) is 19.6 Å². The number of aryl methyl sites for hydroxylation is 1. The summed E-state index contributed by atoms with van der Waals surface area (Å²) in [6, 6.07) is 14.0. The lowest BCUT2D eigenvalue weighted by Gasteiger charge is -2.38. The zero-order valence-electron chi connectivity index (χ0n) is 24.0. The Morgan fingerprint density at radius 2 is 1.67 bits per heavy atom. The van der Waals surface area contributed by atoms with Crippen LogP contribution in [-0.2, 0) is 16.6 Å². The van der Waals surface area contributed by atoms with Gasteiger partial charge < -0.3 is 14.7 Å². The number of benzene rings is 2. The number of hydrogen-bond acceptors (Lipinski definition) is 5. The molecule has 6 rings (SSSR count). The van der Waals surface area contributed by atoms with Gasteiger partial charge in [-0.25, -0.2) is 13.5 Å². The van der Waals surface area contributed by atoms with Gasteiger partial charge in [0, 0.05) is 68.8 Å². The molecule has 1 aliphatic carbocycles. The van der Waals surface area contributed by atoms with Crippen molar-refractivity contribution in [1.29, 1.82) is 0 Å². The van der Waals surface area contributed by atoms with Gasteiger partial charge in [-0.15, -0.1) is 0 Å². The standard InChI is InChI=1S/C32H34ClF2N5O3/c1-37-30(41)13-12-29(36-37)39-18-25(24-11-10-23(34)17-27(24)35)26(19-39)32(43)38-14-2-3-28(20-6-8-22(33)9-7-20)40(16-15-38)31(42)21-4-5-21/h6-13,17,21,25-26,28H,2-5,14-16,18-19H2,1H3. The molecule has 2 saturated heterocycles. The van der Waals surface area contributed by atoms with Crippen molar-refractivity contribution in [2.45, 2.75) is 37.6 Å². The minimum Gasteiger partial charge on any atom is -0.354 e. The van der Waals surface area contributed by atoms with Crippen molar-refractivity contribution < 1.29 is 18.4 Å². The van der Waals surface area contributed by atoms with E-state index in [1.54, 1.807) is 18.0 Å². The van der Waals surface area contributed by atoms with Gasteiger partial charge in [-0.2, -0.15) is 5.10 Å². The van der Waals surface area contributed by atoms with Gasteiger partial charge in [0.15, 0.2) is 0 Å². The zero-order valence-corrected chi connectivity index (χ0v) is 24.7. The third-order valence-corrected chi connectivity index (χ3v) is 9.19. The molecule has 3 heterocycles. The van der Waals surface area contributed by atoms with Gasteiger partial charge in [0.1, 0.15) is 17.5 Å². The summed E-state index contributed by atoms with van der Waals surface area (Å²) < 4.78 is 30.1. The predicted octanol–water partition coefficient (Wildman–Crippen LogP) is 4.53. The third-order valence-electron chi connectivity index (χ3n) is 8.94. The fourth-order valence-corrected chi connectivity index (χ4v) is 6.59. The van der Waals surface area contributed by atoms with Crippen LogP contribution in [-0.4, -0.2) is 64.1 Å². The first-order valence-corrected chi connectivity index (χ1v) is 15.2. The second-order valence-corrected chi connectivity index (χ2v) is 12.2. The number of nitrogens with zero attached hydrogens (tertiary/aromatic N) is 5. The largest absolute Gasteiger partial charge is 0.354 e. The van der Waals surface area contributed by atoms with Crippen molar-refractivity contribution >= 4 is 29.2 Å². The Bertz CT molecular complexity index is 1580. The van der Waals surface area contributed by atoms with E-state index < -0.39 is 23.5 Å². The van der Waals surface area contributed by atoms with Crippen LogP contribution >= 0.6 is 11.6 Å². The van der Waals surface area contributed by atoms with Gasteiger partial charge in [0.05, 0.1) is 12.0 Å². The van der Waals surface area contributed by atoms with E-state index in [1.165, 1.54) is 22.9 Å². The van der Waals surface area contributed by atoms with Crippen LogP contribution in [0.1, 0.15) is 48.8 Å². The van der Waals surface area contributed by atoms with E-state index >= 15 is 4.39 Å². The molecule has 3 fully saturated rings. The molecule has 8 nitrogen and oxygen atoms in total. The molecule has 3 aliphatic rings. The Labute approximate surface area is 253 Å². The second kappa shape index (κ2) is 12.1. The normalized spacial score (nSPS) is 22.8. The predicted molar refractivity (Wildman–Crippen MR) is 159 cm³/mol. The van der Waals surface area contributed by atoms with Gasteiger partial charge >= 0.3 is 0 Å². The van der Waals surface area contributed by atoms with E-state index in [9.17, 15) is 18.8 Å². The summed E-state index contributed by atoms with van der Waals surface area (Å²) in [5.41, 5.74) is 1.04. The highest BCUT2D eigenvalue weighted by Crippen LogP contribution is 2.39. The van der Waals surface area contributed by atoms with Gasteiger partial charge in [0.2, 0.25) is 11.8 Å². The van der Waals surface area contributed by atoms with Gasteiger partial charge in [-0.1, -0.05) is 29.8 Å². The number of rotatable bonds is 5. The molecule has 1 saturated carbocycles. The Morgan fingerprint density at radius 3 is 2.37 bits per heavy atom. The molecule has 2 amide bonds. The first kappa shape index (κ1) is 29.3. The number of halogens is 3. The van der Waals surface area contributed by atoms with Crippen LogP contribution in [0.15, 0.2) is 59.4 Å². The SMILES string of the molecule is Cn1nc(N2CC(C(=O)N3CCCC(c4ccc(Cl)cc4)N(C(=O)C4CC4)CC3)C(c3ccc(F)cc3F)C2)ccc1=O. The molecule has 2 aromatic carbocycles. The van der Waals surface area contributed by atoms with Crippen molar-refractivity contribution in [3.05, 3.63) is 92.7 Å². The van der Waals surface area contributed by atoms with E-state index in [1.807, 2.05) is 34.1 Å². The van der Waals surface area contributed by atoms with E-state index in [0.717, 1.165) is 24.5 Å². The third kappa shape index (κ3) is 6.16. The Balaban J connectivity index is 1.26. The van der Waals surface area contributed by atoms with Crippen LogP contribution in [0.4, 0.5) is 14.6 Å². The summed E-state index contributed by atoms with van der Waals surface area (Å²) in [5, 5.41) is 4.98. The molecule has 2 aliphatic heterocycles. The summed E-state index contributed by atoms with van der Waals surface area (Å²) in [6.07, 6.45) is 3.14. The number of hydrogen-bond donors (Lipinski definition) is 0. The highest BCUT2D eigenvalue weighted by Gasteiger charge is 2.43. The molecule has 0 bridgehead atoms.